The summed E-state index contributed by atoms with van der Waals surface area (Å²) in [5, 5.41) is 2.22. The van der Waals surface area contributed by atoms with Crippen LogP contribution in [-0.4, -0.2) is 26.8 Å². The highest BCUT2D eigenvalue weighted by Crippen LogP contribution is 2.13. The number of carbonyl (C=O) groups is 2. The molecule has 0 aliphatic rings. The average molecular weight is 349 g/mol. The molecule has 1 rings (SSSR count). The minimum absolute atomic E-state index is 0.307. The van der Waals surface area contributed by atoms with Crippen molar-refractivity contribution in [2.24, 2.45) is 0 Å². The predicted molar refractivity (Wildman–Crippen MR) is 73.6 cm³/mol. The SMILES string of the molecule is CC(=O)NCC(=O)NS(=O)(=O)Cc1cccc(Br)c1. The summed E-state index contributed by atoms with van der Waals surface area (Å²) in [7, 11) is -3.77. The second-order valence-electron chi connectivity index (χ2n) is 3.82. The van der Waals surface area contributed by atoms with Gasteiger partial charge < -0.3 is 5.32 Å². The summed E-state index contributed by atoms with van der Waals surface area (Å²) in [4.78, 5) is 21.9. The molecule has 0 spiro atoms. The number of halogens is 1. The van der Waals surface area contributed by atoms with Gasteiger partial charge in [0.25, 0.3) is 5.91 Å². The van der Waals surface area contributed by atoms with Gasteiger partial charge in [-0.2, -0.15) is 0 Å². The first-order chi connectivity index (χ1) is 8.78. The van der Waals surface area contributed by atoms with Crippen molar-refractivity contribution in [3.63, 3.8) is 0 Å². The molecular formula is C11H13BrN2O4S. The van der Waals surface area contributed by atoms with Crippen molar-refractivity contribution in [1.82, 2.24) is 10.0 Å². The van der Waals surface area contributed by atoms with Gasteiger partial charge in [0.05, 0.1) is 12.3 Å². The minimum atomic E-state index is -3.77. The third kappa shape index (κ3) is 6.35. The molecule has 6 nitrogen and oxygen atoms in total. The molecular weight excluding hydrogens is 336 g/mol. The second-order valence-corrected chi connectivity index (χ2v) is 6.46. The maximum absolute atomic E-state index is 11.7. The molecule has 8 heteroatoms. The third-order valence-electron chi connectivity index (χ3n) is 2.01. The van der Waals surface area contributed by atoms with Crippen molar-refractivity contribution >= 4 is 37.8 Å². The molecule has 0 bridgehead atoms. The van der Waals surface area contributed by atoms with Crippen LogP contribution < -0.4 is 10.0 Å². The molecule has 0 fully saturated rings. The van der Waals surface area contributed by atoms with Crippen LogP contribution in [0.3, 0.4) is 0 Å². The van der Waals surface area contributed by atoms with Crippen LogP contribution in [0.4, 0.5) is 0 Å². The Morgan fingerprint density at radius 3 is 2.58 bits per heavy atom. The zero-order chi connectivity index (χ0) is 14.5. The molecule has 0 atom stereocenters. The fourth-order valence-corrected chi connectivity index (χ4v) is 2.85. The molecule has 2 amide bonds. The maximum Gasteiger partial charge on any atom is 0.252 e. The minimum Gasteiger partial charge on any atom is -0.347 e. The highest BCUT2D eigenvalue weighted by atomic mass is 79.9. The van der Waals surface area contributed by atoms with E-state index >= 15 is 0 Å². The first kappa shape index (κ1) is 15.6. The van der Waals surface area contributed by atoms with E-state index in [1.165, 1.54) is 6.92 Å². The Morgan fingerprint density at radius 1 is 1.32 bits per heavy atom. The molecule has 0 heterocycles. The molecule has 1 aromatic rings. The summed E-state index contributed by atoms with van der Waals surface area (Å²) in [5.41, 5.74) is 0.550. The van der Waals surface area contributed by atoms with Crippen molar-refractivity contribution < 1.29 is 18.0 Å². The van der Waals surface area contributed by atoms with Gasteiger partial charge in [0.1, 0.15) is 0 Å². The van der Waals surface area contributed by atoms with Crippen LogP contribution in [0.1, 0.15) is 12.5 Å². The maximum atomic E-state index is 11.7. The highest BCUT2D eigenvalue weighted by molar-refractivity contribution is 9.10. The van der Waals surface area contributed by atoms with Gasteiger partial charge in [-0.3, -0.25) is 14.3 Å². The largest absolute Gasteiger partial charge is 0.347 e. The summed E-state index contributed by atoms with van der Waals surface area (Å²) in [6.45, 7) is 0.871. The zero-order valence-corrected chi connectivity index (χ0v) is 12.5. The Bertz CT molecular complexity index is 586. The summed E-state index contributed by atoms with van der Waals surface area (Å²) < 4.78 is 26.1. The number of sulfonamides is 1. The molecule has 0 aromatic heterocycles. The van der Waals surface area contributed by atoms with E-state index < -0.39 is 21.8 Å². The van der Waals surface area contributed by atoms with Crippen LogP contribution >= 0.6 is 15.9 Å². The molecule has 19 heavy (non-hydrogen) atoms. The molecule has 0 aliphatic heterocycles. The number of benzene rings is 1. The van der Waals surface area contributed by atoms with E-state index in [1.54, 1.807) is 24.3 Å². The van der Waals surface area contributed by atoms with Crippen molar-refractivity contribution in [3.05, 3.63) is 34.3 Å². The fourth-order valence-electron chi connectivity index (χ4n) is 1.30. The Labute approximate surface area is 119 Å². The second kappa shape index (κ2) is 6.67. The molecule has 1 aromatic carbocycles. The van der Waals surface area contributed by atoms with Crippen LogP contribution in [0.2, 0.25) is 0 Å². The first-order valence-electron chi connectivity index (χ1n) is 5.31. The standard InChI is InChI=1S/C11H13BrN2O4S/c1-8(15)13-6-11(16)14-19(17,18)7-9-3-2-4-10(12)5-9/h2-5H,6-7H2,1H3,(H,13,15)(H,14,16). The Balaban J connectivity index is 2.61. The lowest BCUT2D eigenvalue weighted by Crippen LogP contribution is -2.39. The van der Waals surface area contributed by atoms with Crippen LogP contribution in [0.15, 0.2) is 28.7 Å². The Morgan fingerprint density at radius 2 is 2.00 bits per heavy atom. The van der Waals surface area contributed by atoms with Crippen LogP contribution in [0.5, 0.6) is 0 Å². The van der Waals surface area contributed by atoms with Gasteiger partial charge in [0, 0.05) is 11.4 Å². The number of amides is 2. The van der Waals surface area contributed by atoms with Crippen molar-refractivity contribution in [1.29, 1.82) is 0 Å². The van der Waals surface area contributed by atoms with E-state index in [2.05, 4.69) is 21.2 Å². The van der Waals surface area contributed by atoms with E-state index in [0.29, 0.717) is 5.56 Å². The van der Waals surface area contributed by atoms with E-state index in [9.17, 15) is 18.0 Å². The lowest BCUT2D eigenvalue weighted by atomic mass is 10.2. The average Bonchev–Trinajstić information content (AvgIpc) is 2.24. The monoisotopic (exact) mass is 348 g/mol. The number of hydrogen-bond donors (Lipinski definition) is 2. The zero-order valence-electron chi connectivity index (χ0n) is 10.1. The normalized spacial score (nSPS) is 10.8. The molecule has 0 aliphatic carbocycles. The molecule has 0 radical (unpaired) electrons. The van der Waals surface area contributed by atoms with E-state index in [0.717, 1.165) is 4.47 Å². The predicted octanol–water partition coefficient (Wildman–Crippen LogP) is 0.531. The third-order valence-corrected chi connectivity index (χ3v) is 3.76. The Hall–Kier alpha value is -1.41. The summed E-state index contributed by atoms with van der Waals surface area (Å²) >= 11 is 3.23. The topological polar surface area (TPSA) is 92.3 Å². The van der Waals surface area contributed by atoms with E-state index in [-0.39, 0.29) is 12.3 Å². The summed E-state index contributed by atoms with van der Waals surface area (Å²) in [6.07, 6.45) is 0. The van der Waals surface area contributed by atoms with Gasteiger partial charge >= 0.3 is 0 Å². The first-order valence-corrected chi connectivity index (χ1v) is 7.75. The lowest BCUT2D eigenvalue weighted by molar-refractivity contribution is -0.124. The van der Waals surface area contributed by atoms with Crippen LogP contribution in [0, 0.1) is 0 Å². The molecule has 0 unspecified atom stereocenters. The van der Waals surface area contributed by atoms with Gasteiger partial charge in [-0.1, -0.05) is 28.1 Å². The number of hydrogen-bond acceptors (Lipinski definition) is 4. The van der Waals surface area contributed by atoms with Gasteiger partial charge in [0.15, 0.2) is 0 Å². The number of rotatable bonds is 5. The fraction of sp³-hybridized carbons (Fsp3) is 0.273. The van der Waals surface area contributed by atoms with Gasteiger partial charge in [0.2, 0.25) is 15.9 Å². The van der Waals surface area contributed by atoms with Gasteiger partial charge in [-0.25, -0.2) is 8.42 Å². The summed E-state index contributed by atoms with van der Waals surface area (Å²) in [5.74, 6) is -1.48. The van der Waals surface area contributed by atoms with Crippen LogP contribution in [-0.2, 0) is 25.4 Å². The Kier molecular flexibility index (Phi) is 5.49. The molecule has 0 saturated heterocycles. The lowest BCUT2D eigenvalue weighted by Gasteiger charge is -2.07. The molecule has 104 valence electrons. The van der Waals surface area contributed by atoms with E-state index in [4.69, 9.17) is 0 Å². The molecule has 2 N–H and O–H groups in total. The number of carbonyl (C=O) groups excluding carboxylic acids is 2. The van der Waals surface area contributed by atoms with Gasteiger partial charge in [-0.05, 0) is 17.7 Å². The highest BCUT2D eigenvalue weighted by Gasteiger charge is 2.15. The van der Waals surface area contributed by atoms with E-state index in [1.807, 2.05) is 4.72 Å². The van der Waals surface area contributed by atoms with Crippen molar-refractivity contribution in [2.45, 2.75) is 12.7 Å². The molecule has 0 saturated carbocycles. The smallest absolute Gasteiger partial charge is 0.252 e. The van der Waals surface area contributed by atoms with Crippen LogP contribution in [0.25, 0.3) is 0 Å². The summed E-state index contributed by atoms with van der Waals surface area (Å²) in [6, 6.07) is 6.76. The van der Waals surface area contributed by atoms with Gasteiger partial charge in [-0.15, -0.1) is 0 Å². The quantitative estimate of drug-likeness (QED) is 0.811. The number of nitrogens with one attached hydrogen (secondary N) is 2. The van der Waals surface area contributed by atoms with Crippen molar-refractivity contribution in [3.8, 4) is 0 Å². The van der Waals surface area contributed by atoms with Crippen molar-refractivity contribution in [2.75, 3.05) is 6.54 Å².